The number of amides is 1. The second-order valence-electron chi connectivity index (χ2n) is 7.94. The van der Waals surface area contributed by atoms with Gasteiger partial charge in [0.15, 0.2) is 0 Å². The Labute approximate surface area is 172 Å². The molecule has 0 radical (unpaired) electrons. The lowest BCUT2D eigenvalue weighted by Gasteiger charge is -2.17. The smallest absolute Gasteiger partial charge is 0.224 e. The third-order valence-electron chi connectivity index (χ3n) is 5.21. The molecule has 0 bridgehead atoms. The fraction of sp³-hybridized carbons (Fsp3) is 0.500. The van der Waals surface area contributed by atoms with Gasteiger partial charge in [0.25, 0.3) is 0 Å². The van der Waals surface area contributed by atoms with Crippen LogP contribution < -0.4 is 5.32 Å². The van der Waals surface area contributed by atoms with Crippen LogP contribution in [-0.4, -0.2) is 39.9 Å². The van der Waals surface area contributed by atoms with E-state index in [1.807, 2.05) is 45.9 Å². The van der Waals surface area contributed by atoms with Crippen LogP contribution in [0.4, 0.5) is 0 Å². The number of rotatable bonds is 6. The molecule has 2 heterocycles. The SMILES string of the molecule is Cc1nc([C@@H]2CCN(Cc3ccccc3Cl)C2)nc(C)c1CC(=O)NC(C)C. The summed E-state index contributed by atoms with van der Waals surface area (Å²) in [5.74, 6) is 1.23. The van der Waals surface area contributed by atoms with Crippen LogP contribution in [0.15, 0.2) is 24.3 Å². The predicted octanol–water partition coefficient (Wildman–Crippen LogP) is 3.80. The Morgan fingerprint density at radius 2 is 1.93 bits per heavy atom. The van der Waals surface area contributed by atoms with E-state index in [1.54, 1.807) is 0 Å². The molecule has 1 amide bonds. The number of hydrogen-bond acceptors (Lipinski definition) is 4. The van der Waals surface area contributed by atoms with Crippen LogP contribution >= 0.6 is 11.6 Å². The summed E-state index contributed by atoms with van der Waals surface area (Å²) < 4.78 is 0. The van der Waals surface area contributed by atoms with Crippen LogP contribution in [0.25, 0.3) is 0 Å². The highest BCUT2D eigenvalue weighted by Gasteiger charge is 2.27. The first-order valence-corrected chi connectivity index (χ1v) is 10.3. The first-order chi connectivity index (χ1) is 13.3. The normalized spacial score (nSPS) is 17.3. The molecule has 2 aromatic rings. The number of likely N-dealkylation sites (tertiary alicyclic amines) is 1. The molecular formula is C22H29ClN4O. The lowest BCUT2D eigenvalue weighted by Crippen LogP contribution is -2.32. The van der Waals surface area contributed by atoms with Crippen LogP contribution in [0.1, 0.15) is 54.5 Å². The van der Waals surface area contributed by atoms with Crippen molar-refractivity contribution in [2.24, 2.45) is 0 Å². The topological polar surface area (TPSA) is 58.1 Å². The minimum absolute atomic E-state index is 0.0179. The van der Waals surface area contributed by atoms with Crippen molar-refractivity contribution in [3.8, 4) is 0 Å². The van der Waals surface area contributed by atoms with Crippen molar-refractivity contribution in [1.82, 2.24) is 20.2 Å². The zero-order valence-electron chi connectivity index (χ0n) is 17.1. The second-order valence-corrected chi connectivity index (χ2v) is 8.35. The summed E-state index contributed by atoms with van der Waals surface area (Å²) in [6.07, 6.45) is 1.37. The maximum atomic E-state index is 12.1. The second kappa shape index (κ2) is 9.01. The number of nitrogens with zero attached hydrogens (tertiary/aromatic N) is 3. The van der Waals surface area contributed by atoms with E-state index in [0.29, 0.717) is 12.3 Å². The highest BCUT2D eigenvalue weighted by Crippen LogP contribution is 2.28. The van der Waals surface area contributed by atoms with E-state index >= 15 is 0 Å². The third-order valence-corrected chi connectivity index (χ3v) is 5.58. The molecule has 0 aliphatic carbocycles. The zero-order chi connectivity index (χ0) is 20.3. The maximum Gasteiger partial charge on any atom is 0.224 e. The molecule has 1 atom stereocenters. The van der Waals surface area contributed by atoms with Gasteiger partial charge in [-0.1, -0.05) is 29.8 Å². The predicted molar refractivity (Wildman–Crippen MR) is 113 cm³/mol. The summed E-state index contributed by atoms with van der Waals surface area (Å²) in [5.41, 5.74) is 3.91. The maximum absolute atomic E-state index is 12.1. The molecule has 1 aromatic heterocycles. The lowest BCUT2D eigenvalue weighted by molar-refractivity contribution is -0.120. The summed E-state index contributed by atoms with van der Waals surface area (Å²) in [6.45, 7) is 10.7. The van der Waals surface area contributed by atoms with Crippen molar-refractivity contribution in [3.63, 3.8) is 0 Å². The molecule has 3 rings (SSSR count). The van der Waals surface area contributed by atoms with Crippen molar-refractivity contribution in [1.29, 1.82) is 0 Å². The van der Waals surface area contributed by atoms with E-state index in [1.165, 1.54) is 0 Å². The van der Waals surface area contributed by atoms with Gasteiger partial charge in [-0.15, -0.1) is 0 Å². The molecule has 0 unspecified atom stereocenters. The highest BCUT2D eigenvalue weighted by molar-refractivity contribution is 6.31. The number of carbonyl (C=O) groups is 1. The zero-order valence-corrected chi connectivity index (χ0v) is 17.9. The number of aryl methyl sites for hydroxylation is 2. The van der Waals surface area contributed by atoms with Crippen LogP contribution in [0.3, 0.4) is 0 Å². The van der Waals surface area contributed by atoms with E-state index in [9.17, 15) is 4.79 Å². The molecule has 6 heteroatoms. The molecular weight excluding hydrogens is 372 g/mol. The number of aromatic nitrogens is 2. The average Bonchev–Trinajstić information content (AvgIpc) is 3.08. The minimum atomic E-state index is 0.0179. The van der Waals surface area contributed by atoms with Gasteiger partial charge in [0.2, 0.25) is 5.91 Å². The Morgan fingerprint density at radius 3 is 2.57 bits per heavy atom. The minimum Gasteiger partial charge on any atom is -0.354 e. The van der Waals surface area contributed by atoms with E-state index < -0.39 is 0 Å². The third kappa shape index (κ3) is 5.09. The van der Waals surface area contributed by atoms with E-state index in [4.69, 9.17) is 21.6 Å². The summed E-state index contributed by atoms with van der Waals surface area (Å²) in [5, 5.41) is 3.75. The fourth-order valence-electron chi connectivity index (χ4n) is 3.79. The largest absolute Gasteiger partial charge is 0.354 e. The molecule has 1 N–H and O–H groups in total. The molecule has 28 heavy (non-hydrogen) atoms. The number of hydrogen-bond donors (Lipinski definition) is 1. The molecule has 1 aliphatic rings. The first kappa shape index (κ1) is 20.7. The van der Waals surface area contributed by atoms with E-state index in [2.05, 4.69) is 16.3 Å². The summed E-state index contributed by atoms with van der Waals surface area (Å²) in [7, 11) is 0. The summed E-state index contributed by atoms with van der Waals surface area (Å²) in [6, 6.07) is 8.14. The van der Waals surface area contributed by atoms with Gasteiger partial charge in [-0.25, -0.2) is 9.97 Å². The Kier molecular flexibility index (Phi) is 6.68. The quantitative estimate of drug-likeness (QED) is 0.801. The number of nitrogens with one attached hydrogen (secondary N) is 1. The monoisotopic (exact) mass is 400 g/mol. The fourth-order valence-corrected chi connectivity index (χ4v) is 3.99. The summed E-state index contributed by atoms with van der Waals surface area (Å²) >= 11 is 6.30. The molecule has 1 aromatic carbocycles. The Hall–Kier alpha value is -1.98. The molecule has 1 fully saturated rings. The van der Waals surface area contributed by atoms with Crippen LogP contribution in [0.5, 0.6) is 0 Å². The lowest BCUT2D eigenvalue weighted by atomic mass is 10.0. The van der Waals surface area contributed by atoms with Crippen molar-refractivity contribution in [2.75, 3.05) is 13.1 Å². The van der Waals surface area contributed by atoms with Gasteiger partial charge >= 0.3 is 0 Å². The van der Waals surface area contributed by atoms with E-state index in [-0.39, 0.29) is 11.9 Å². The van der Waals surface area contributed by atoms with Crippen molar-refractivity contribution >= 4 is 17.5 Å². The van der Waals surface area contributed by atoms with Crippen molar-refractivity contribution in [3.05, 3.63) is 57.6 Å². The van der Waals surface area contributed by atoms with Gasteiger partial charge in [-0.2, -0.15) is 0 Å². The van der Waals surface area contributed by atoms with Crippen LogP contribution in [0.2, 0.25) is 5.02 Å². The average molecular weight is 401 g/mol. The van der Waals surface area contributed by atoms with Crippen LogP contribution in [0, 0.1) is 13.8 Å². The molecule has 150 valence electrons. The standard InChI is InChI=1S/C22H29ClN4O/c1-14(2)24-21(28)11-19-15(3)25-22(26-16(19)4)18-9-10-27(13-18)12-17-7-5-6-8-20(17)23/h5-8,14,18H,9-13H2,1-4H3,(H,24,28)/t18-/m1/s1. The first-order valence-electron chi connectivity index (χ1n) is 9.92. The van der Waals surface area contributed by atoms with Gasteiger partial charge in [-0.3, -0.25) is 9.69 Å². The number of carbonyl (C=O) groups excluding carboxylic acids is 1. The van der Waals surface area contributed by atoms with Crippen molar-refractivity contribution < 1.29 is 4.79 Å². The van der Waals surface area contributed by atoms with Gasteiger partial charge < -0.3 is 5.32 Å². The van der Waals surface area contributed by atoms with Crippen molar-refractivity contribution in [2.45, 2.75) is 59.0 Å². The van der Waals surface area contributed by atoms with Gasteiger partial charge in [0.1, 0.15) is 5.82 Å². The molecule has 0 spiro atoms. The molecule has 5 nitrogen and oxygen atoms in total. The molecule has 1 aliphatic heterocycles. The van der Waals surface area contributed by atoms with E-state index in [0.717, 1.165) is 59.4 Å². The van der Waals surface area contributed by atoms with Gasteiger partial charge in [0.05, 0.1) is 6.42 Å². The Balaban J connectivity index is 1.68. The summed E-state index contributed by atoms with van der Waals surface area (Å²) in [4.78, 5) is 24.1. The van der Waals surface area contributed by atoms with Gasteiger partial charge in [0, 0.05) is 47.0 Å². The molecule has 1 saturated heterocycles. The number of benzene rings is 1. The Morgan fingerprint density at radius 1 is 1.25 bits per heavy atom. The van der Waals surface area contributed by atoms with Crippen LogP contribution in [-0.2, 0) is 17.8 Å². The number of halogens is 1. The molecule has 0 saturated carbocycles. The highest BCUT2D eigenvalue weighted by atomic mass is 35.5. The van der Waals surface area contributed by atoms with Gasteiger partial charge in [-0.05, 0) is 52.3 Å². The Bertz CT molecular complexity index is 829.